The van der Waals surface area contributed by atoms with Gasteiger partial charge in [-0.2, -0.15) is 0 Å². The quantitative estimate of drug-likeness (QED) is 0.424. The lowest BCUT2D eigenvalue weighted by Gasteiger charge is -2.17. The summed E-state index contributed by atoms with van der Waals surface area (Å²) in [4.78, 5) is 0. The highest BCUT2D eigenvalue weighted by Gasteiger charge is 2.15. The smallest absolute Gasteiger partial charge is 0.138 e. The number of aliphatic hydroxyl groups is 1. The summed E-state index contributed by atoms with van der Waals surface area (Å²) < 4.78 is 0. The van der Waals surface area contributed by atoms with Gasteiger partial charge in [0.25, 0.3) is 0 Å². The zero-order valence-electron chi connectivity index (χ0n) is 8.14. The van der Waals surface area contributed by atoms with Gasteiger partial charge in [0, 0.05) is 6.04 Å². The molecule has 4 nitrogen and oxygen atoms in total. The predicted molar refractivity (Wildman–Crippen MR) is 55.7 cm³/mol. The number of aliphatic hydroxyl groups excluding tert-OH is 1. The van der Waals surface area contributed by atoms with Gasteiger partial charge in [-0.15, -0.1) is 0 Å². The minimum atomic E-state index is -0.733. The highest BCUT2D eigenvalue weighted by Crippen LogP contribution is 2.25. The van der Waals surface area contributed by atoms with Crippen molar-refractivity contribution >= 4 is 5.69 Å². The summed E-state index contributed by atoms with van der Waals surface area (Å²) in [5, 5.41) is 18.9. The maximum atomic E-state index is 9.74. The Balaban J connectivity index is 2.91. The number of rotatable bonds is 3. The van der Waals surface area contributed by atoms with E-state index in [1.807, 2.05) is 6.92 Å². The van der Waals surface area contributed by atoms with E-state index in [1.54, 1.807) is 6.07 Å². The zero-order valence-corrected chi connectivity index (χ0v) is 8.14. The van der Waals surface area contributed by atoms with Gasteiger partial charge < -0.3 is 21.7 Å². The van der Waals surface area contributed by atoms with Gasteiger partial charge in [-0.25, -0.2) is 0 Å². The van der Waals surface area contributed by atoms with Crippen LogP contribution >= 0.6 is 0 Å². The van der Waals surface area contributed by atoms with E-state index in [0.717, 1.165) is 0 Å². The zero-order chi connectivity index (χ0) is 10.7. The molecule has 78 valence electrons. The van der Waals surface area contributed by atoms with Crippen molar-refractivity contribution in [1.82, 2.24) is 0 Å². The highest BCUT2D eigenvalue weighted by atomic mass is 16.3. The summed E-state index contributed by atoms with van der Waals surface area (Å²) in [6, 6.07) is 4.30. The fourth-order valence-corrected chi connectivity index (χ4v) is 1.23. The molecular weight excluding hydrogens is 180 g/mol. The third-order valence-electron chi connectivity index (χ3n) is 2.27. The lowest BCUT2D eigenvalue weighted by Crippen LogP contribution is -2.27. The van der Waals surface area contributed by atoms with Crippen LogP contribution in [0.4, 0.5) is 5.69 Å². The normalized spacial score (nSPS) is 15.1. The predicted octanol–water partition coefficient (Wildman–Crippen LogP) is 0.745. The SMILES string of the molecule is CC[C@H](N)[C@@H](O)c1ccc(O)c(N)c1. The highest BCUT2D eigenvalue weighted by molar-refractivity contribution is 5.53. The van der Waals surface area contributed by atoms with Gasteiger partial charge in [0.1, 0.15) is 5.75 Å². The van der Waals surface area contributed by atoms with Crippen molar-refractivity contribution in [3.8, 4) is 5.75 Å². The Morgan fingerprint density at radius 1 is 1.43 bits per heavy atom. The fraction of sp³-hybridized carbons (Fsp3) is 0.400. The standard InChI is InChI=1S/C10H16N2O2/c1-2-7(11)10(14)6-3-4-9(13)8(12)5-6/h3-5,7,10,13-14H,2,11-12H2,1H3/t7-,10-/m0/s1. The molecule has 1 rings (SSSR count). The number of hydrogen-bond acceptors (Lipinski definition) is 4. The Morgan fingerprint density at radius 2 is 2.07 bits per heavy atom. The topological polar surface area (TPSA) is 92.5 Å². The summed E-state index contributed by atoms with van der Waals surface area (Å²) >= 11 is 0. The minimum Gasteiger partial charge on any atom is -0.506 e. The minimum absolute atomic E-state index is 0.0195. The molecule has 0 heterocycles. The number of phenols is 1. The van der Waals surface area contributed by atoms with E-state index in [9.17, 15) is 10.2 Å². The third kappa shape index (κ3) is 2.16. The van der Waals surface area contributed by atoms with Crippen LogP contribution in [-0.4, -0.2) is 16.3 Å². The van der Waals surface area contributed by atoms with Gasteiger partial charge in [0.2, 0.25) is 0 Å². The number of nitrogen functional groups attached to an aromatic ring is 1. The van der Waals surface area contributed by atoms with Gasteiger partial charge in [-0.05, 0) is 24.1 Å². The van der Waals surface area contributed by atoms with Crippen molar-refractivity contribution in [2.24, 2.45) is 5.73 Å². The van der Waals surface area contributed by atoms with Crippen molar-refractivity contribution in [3.05, 3.63) is 23.8 Å². The van der Waals surface area contributed by atoms with E-state index in [-0.39, 0.29) is 17.5 Å². The van der Waals surface area contributed by atoms with Crippen molar-refractivity contribution in [2.45, 2.75) is 25.5 Å². The van der Waals surface area contributed by atoms with E-state index in [4.69, 9.17) is 11.5 Å². The molecule has 0 fully saturated rings. The number of hydrogen-bond donors (Lipinski definition) is 4. The largest absolute Gasteiger partial charge is 0.506 e. The third-order valence-corrected chi connectivity index (χ3v) is 2.27. The Morgan fingerprint density at radius 3 is 2.57 bits per heavy atom. The average molecular weight is 196 g/mol. The first-order chi connectivity index (χ1) is 6.56. The fourth-order valence-electron chi connectivity index (χ4n) is 1.23. The van der Waals surface area contributed by atoms with E-state index < -0.39 is 6.10 Å². The van der Waals surface area contributed by atoms with Crippen LogP contribution in [0.1, 0.15) is 25.0 Å². The molecule has 0 aliphatic carbocycles. The summed E-state index contributed by atoms with van der Waals surface area (Å²) in [5.41, 5.74) is 12.1. The molecule has 0 unspecified atom stereocenters. The second kappa shape index (κ2) is 4.30. The molecule has 1 aromatic carbocycles. The monoisotopic (exact) mass is 196 g/mol. The van der Waals surface area contributed by atoms with Crippen molar-refractivity contribution in [2.75, 3.05) is 5.73 Å². The molecule has 0 spiro atoms. The first-order valence-corrected chi connectivity index (χ1v) is 4.58. The van der Waals surface area contributed by atoms with E-state index in [0.29, 0.717) is 12.0 Å². The molecule has 0 aliphatic heterocycles. The molecule has 0 radical (unpaired) electrons. The summed E-state index contributed by atoms with van der Waals surface area (Å²) in [6.07, 6.45) is -0.0509. The van der Waals surface area contributed by atoms with Crippen LogP contribution in [0.5, 0.6) is 5.75 Å². The van der Waals surface area contributed by atoms with Gasteiger partial charge in [0.05, 0.1) is 11.8 Å². The molecule has 0 aromatic heterocycles. The lowest BCUT2D eigenvalue weighted by molar-refractivity contribution is 0.144. The molecular formula is C10H16N2O2. The molecule has 1 aromatic rings. The molecule has 0 bridgehead atoms. The van der Waals surface area contributed by atoms with Crippen LogP contribution < -0.4 is 11.5 Å². The molecule has 0 aliphatic rings. The van der Waals surface area contributed by atoms with Crippen molar-refractivity contribution in [3.63, 3.8) is 0 Å². The Bertz CT molecular complexity index is 315. The summed E-state index contributed by atoms with van der Waals surface area (Å²) in [6.45, 7) is 1.90. The van der Waals surface area contributed by atoms with Crippen molar-refractivity contribution in [1.29, 1.82) is 0 Å². The van der Waals surface area contributed by atoms with Crippen LogP contribution in [0.15, 0.2) is 18.2 Å². The van der Waals surface area contributed by atoms with Gasteiger partial charge >= 0.3 is 0 Å². The molecule has 6 N–H and O–H groups in total. The number of aromatic hydroxyl groups is 1. The Labute approximate surface area is 83.2 Å². The Kier molecular flexibility index (Phi) is 3.33. The Hall–Kier alpha value is -1.26. The molecule has 0 saturated carbocycles. The maximum absolute atomic E-state index is 9.74. The average Bonchev–Trinajstić information content (AvgIpc) is 2.20. The molecule has 14 heavy (non-hydrogen) atoms. The van der Waals surface area contributed by atoms with Crippen LogP contribution in [0, 0.1) is 0 Å². The van der Waals surface area contributed by atoms with Gasteiger partial charge in [-0.3, -0.25) is 0 Å². The summed E-state index contributed by atoms with van der Waals surface area (Å²) in [5.74, 6) is 0.0195. The summed E-state index contributed by atoms with van der Waals surface area (Å²) in [7, 11) is 0. The second-order valence-electron chi connectivity index (χ2n) is 3.34. The molecule has 0 amide bonds. The van der Waals surface area contributed by atoms with E-state index in [2.05, 4.69) is 0 Å². The van der Waals surface area contributed by atoms with Crippen LogP contribution in [-0.2, 0) is 0 Å². The molecule has 0 saturated heterocycles. The second-order valence-corrected chi connectivity index (χ2v) is 3.34. The first kappa shape index (κ1) is 10.8. The van der Waals surface area contributed by atoms with E-state index >= 15 is 0 Å². The first-order valence-electron chi connectivity index (χ1n) is 4.58. The number of nitrogens with two attached hydrogens (primary N) is 2. The number of anilines is 1. The molecule has 2 atom stereocenters. The molecule has 4 heteroatoms. The van der Waals surface area contributed by atoms with Gasteiger partial charge in [-0.1, -0.05) is 13.0 Å². The lowest BCUT2D eigenvalue weighted by atomic mass is 10.0. The maximum Gasteiger partial charge on any atom is 0.138 e. The van der Waals surface area contributed by atoms with Crippen LogP contribution in [0.3, 0.4) is 0 Å². The van der Waals surface area contributed by atoms with Crippen LogP contribution in [0.2, 0.25) is 0 Å². The number of benzene rings is 1. The van der Waals surface area contributed by atoms with Crippen molar-refractivity contribution < 1.29 is 10.2 Å². The van der Waals surface area contributed by atoms with Gasteiger partial charge in [0.15, 0.2) is 0 Å². The van der Waals surface area contributed by atoms with Crippen LogP contribution in [0.25, 0.3) is 0 Å². The van der Waals surface area contributed by atoms with E-state index in [1.165, 1.54) is 12.1 Å². The number of phenolic OH excluding ortho intramolecular Hbond substituents is 1.